The highest BCUT2D eigenvalue weighted by molar-refractivity contribution is 6.35. The minimum Gasteiger partial charge on any atom is -0.508 e. The van der Waals surface area contributed by atoms with E-state index in [2.05, 4.69) is 0 Å². The fraction of sp³-hybridized carbons (Fsp3) is 0. The molecule has 0 bridgehead atoms. The fourth-order valence-corrected chi connectivity index (χ4v) is 3.47. The van der Waals surface area contributed by atoms with E-state index in [1.807, 2.05) is 0 Å². The molecule has 0 saturated heterocycles. The first-order chi connectivity index (χ1) is 13.2. The first kappa shape index (κ1) is 19.5. The van der Waals surface area contributed by atoms with Crippen molar-refractivity contribution in [2.24, 2.45) is 0 Å². The van der Waals surface area contributed by atoms with Crippen LogP contribution >= 0.6 is 23.2 Å². The van der Waals surface area contributed by atoms with Crippen LogP contribution in [0.25, 0.3) is 22.3 Å². The van der Waals surface area contributed by atoms with Crippen LogP contribution in [0.1, 0.15) is 20.7 Å². The van der Waals surface area contributed by atoms with E-state index >= 15 is 0 Å². The number of hydrogen-bond acceptors (Lipinski definition) is 4. The van der Waals surface area contributed by atoms with E-state index in [1.165, 1.54) is 48.5 Å². The van der Waals surface area contributed by atoms with Gasteiger partial charge in [0, 0.05) is 22.3 Å². The van der Waals surface area contributed by atoms with Crippen molar-refractivity contribution in [3.8, 4) is 33.8 Å². The Balaban J connectivity index is 2.52. The Labute approximate surface area is 168 Å². The van der Waals surface area contributed by atoms with Crippen molar-refractivity contribution in [3.63, 3.8) is 0 Å². The lowest BCUT2D eigenvalue weighted by atomic mass is 9.86. The number of hydrogen-bond donors (Lipinski definition) is 4. The predicted molar refractivity (Wildman–Crippen MR) is 105 cm³/mol. The number of aromatic hydroxyl groups is 2. The van der Waals surface area contributed by atoms with Crippen LogP contribution in [-0.2, 0) is 0 Å². The molecule has 0 saturated carbocycles. The van der Waals surface area contributed by atoms with Gasteiger partial charge in [-0.2, -0.15) is 0 Å². The van der Waals surface area contributed by atoms with Crippen LogP contribution in [0.5, 0.6) is 11.5 Å². The van der Waals surface area contributed by atoms with Gasteiger partial charge in [-0.15, -0.1) is 0 Å². The van der Waals surface area contributed by atoms with Crippen LogP contribution in [0.3, 0.4) is 0 Å². The summed E-state index contributed by atoms with van der Waals surface area (Å²) in [6.45, 7) is 0. The Bertz CT molecular complexity index is 1040. The Morgan fingerprint density at radius 2 is 1.00 bits per heavy atom. The van der Waals surface area contributed by atoms with E-state index in [0.717, 1.165) is 0 Å². The van der Waals surface area contributed by atoms with Gasteiger partial charge in [0.05, 0.1) is 21.2 Å². The number of rotatable bonds is 4. The third kappa shape index (κ3) is 3.47. The maximum Gasteiger partial charge on any atom is 0.336 e. The van der Waals surface area contributed by atoms with Gasteiger partial charge in [-0.1, -0.05) is 23.2 Å². The van der Waals surface area contributed by atoms with Crippen molar-refractivity contribution in [2.45, 2.75) is 0 Å². The molecule has 0 spiro atoms. The van der Waals surface area contributed by atoms with Gasteiger partial charge in [-0.25, -0.2) is 9.59 Å². The summed E-state index contributed by atoms with van der Waals surface area (Å²) in [4.78, 5) is 23.7. The predicted octanol–water partition coefficient (Wildman–Crippen LogP) is 5.14. The quantitative estimate of drug-likeness (QED) is 0.466. The molecule has 0 heterocycles. The van der Waals surface area contributed by atoms with Crippen LogP contribution in [0.2, 0.25) is 10.0 Å². The van der Waals surface area contributed by atoms with Crippen LogP contribution in [0, 0.1) is 0 Å². The van der Waals surface area contributed by atoms with Gasteiger partial charge in [0.15, 0.2) is 0 Å². The summed E-state index contributed by atoms with van der Waals surface area (Å²) in [6, 6.07) is 10.2. The highest BCUT2D eigenvalue weighted by Crippen LogP contribution is 2.44. The Morgan fingerprint density at radius 1 is 0.643 bits per heavy atom. The van der Waals surface area contributed by atoms with Crippen molar-refractivity contribution in [1.29, 1.82) is 0 Å². The highest BCUT2D eigenvalue weighted by atomic mass is 35.5. The second-order valence-corrected chi connectivity index (χ2v) is 6.66. The number of carbonyl (C=O) groups is 2. The van der Waals surface area contributed by atoms with Crippen LogP contribution in [0.15, 0.2) is 48.5 Å². The summed E-state index contributed by atoms with van der Waals surface area (Å²) in [7, 11) is 0. The van der Waals surface area contributed by atoms with Gasteiger partial charge < -0.3 is 20.4 Å². The van der Waals surface area contributed by atoms with Crippen LogP contribution in [0.4, 0.5) is 0 Å². The number of phenols is 2. The number of benzene rings is 3. The van der Waals surface area contributed by atoms with Gasteiger partial charge >= 0.3 is 11.9 Å². The summed E-state index contributed by atoms with van der Waals surface area (Å²) in [5.74, 6) is -2.87. The van der Waals surface area contributed by atoms with E-state index in [0.29, 0.717) is 0 Å². The molecule has 0 aromatic heterocycles. The lowest BCUT2D eigenvalue weighted by Crippen LogP contribution is -2.08. The molecular formula is C20H12Cl2O6. The first-order valence-electron chi connectivity index (χ1n) is 7.82. The first-order valence-corrected chi connectivity index (χ1v) is 8.57. The van der Waals surface area contributed by atoms with Gasteiger partial charge in [-0.3, -0.25) is 0 Å². The summed E-state index contributed by atoms with van der Waals surface area (Å²) in [5, 5.41) is 38.7. The second-order valence-electron chi connectivity index (χ2n) is 5.85. The van der Waals surface area contributed by atoms with Crippen molar-refractivity contribution in [1.82, 2.24) is 0 Å². The number of phenolic OH excluding ortho intramolecular Hbond substituents is 2. The molecule has 142 valence electrons. The zero-order chi connectivity index (χ0) is 20.6. The average Bonchev–Trinajstić information content (AvgIpc) is 2.61. The number of carboxylic acids is 2. The van der Waals surface area contributed by atoms with Crippen molar-refractivity contribution >= 4 is 35.1 Å². The molecular weight excluding hydrogens is 407 g/mol. The van der Waals surface area contributed by atoms with Crippen LogP contribution in [-0.4, -0.2) is 32.4 Å². The summed E-state index contributed by atoms with van der Waals surface area (Å²) < 4.78 is 0. The maximum absolute atomic E-state index is 11.9. The minimum atomic E-state index is -1.30. The molecule has 3 rings (SSSR count). The van der Waals surface area contributed by atoms with Gasteiger partial charge in [0.1, 0.15) is 11.5 Å². The molecule has 0 aliphatic heterocycles. The second kappa shape index (κ2) is 7.42. The molecule has 0 unspecified atom stereocenters. The lowest BCUT2D eigenvalue weighted by molar-refractivity contribution is 0.0682. The van der Waals surface area contributed by atoms with Gasteiger partial charge in [-0.05, 0) is 48.5 Å². The highest BCUT2D eigenvalue weighted by Gasteiger charge is 2.26. The van der Waals surface area contributed by atoms with Crippen molar-refractivity contribution in [3.05, 3.63) is 69.7 Å². The molecule has 0 amide bonds. The van der Waals surface area contributed by atoms with Crippen molar-refractivity contribution < 1.29 is 30.0 Å². The Hall–Kier alpha value is -3.22. The number of halogens is 2. The largest absolute Gasteiger partial charge is 0.508 e. The van der Waals surface area contributed by atoms with Crippen molar-refractivity contribution in [2.75, 3.05) is 0 Å². The molecule has 0 fully saturated rings. The minimum absolute atomic E-state index is 0.0289. The van der Waals surface area contributed by atoms with E-state index in [1.54, 1.807) is 0 Å². The molecule has 0 aliphatic rings. The standard InChI is InChI=1S/C20H12Cl2O6/c21-15-7-9(23)1-3-11(15)17-13(19(25)26)5-6-14(20(27)28)18(17)12-4-2-10(24)8-16(12)22/h1-8,23-24H,(H,25,26)(H,27,28). The summed E-state index contributed by atoms with van der Waals surface area (Å²) in [5.41, 5.74) is 0.0849. The molecule has 3 aromatic carbocycles. The van der Waals surface area contributed by atoms with Gasteiger partial charge in [0.2, 0.25) is 0 Å². The molecule has 3 aromatic rings. The Morgan fingerprint density at radius 3 is 1.29 bits per heavy atom. The Kier molecular flexibility index (Phi) is 5.18. The SMILES string of the molecule is O=C(O)c1ccc(C(=O)O)c(-c2ccc(O)cc2Cl)c1-c1ccc(O)cc1Cl. The average molecular weight is 419 g/mol. The smallest absolute Gasteiger partial charge is 0.336 e. The molecule has 8 heteroatoms. The third-order valence-corrected chi connectivity index (χ3v) is 4.74. The zero-order valence-electron chi connectivity index (χ0n) is 14.0. The summed E-state index contributed by atoms with van der Waals surface area (Å²) >= 11 is 12.4. The van der Waals surface area contributed by atoms with Crippen LogP contribution < -0.4 is 0 Å². The number of carboxylic acid groups (broad SMARTS) is 2. The number of aromatic carboxylic acids is 2. The zero-order valence-corrected chi connectivity index (χ0v) is 15.5. The monoisotopic (exact) mass is 418 g/mol. The lowest BCUT2D eigenvalue weighted by Gasteiger charge is -2.18. The topological polar surface area (TPSA) is 115 Å². The fourth-order valence-electron chi connectivity index (χ4n) is 2.93. The van der Waals surface area contributed by atoms with E-state index in [9.17, 15) is 30.0 Å². The van der Waals surface area contributed by atoms with E-state index in [-0.39, 0.29) is 54.9 Å². The molecule has 0 atom stereocenters. The normalized spacial score (nSPS) is 10.6. The summed E-state index contributed by atoms with van der Waals surface area (Å²) in [6.07, 6.45) is 0. The molecule has 0 radical (unpaired) electrons. The van der Waals surface area contributed by atoms with E-state index < -0.39 is 11.9 Å². The maximum atomic E-state index is 11.9. The van der Waals surface area contributed by atoms with Gasteiger partial charge in [0.25, 0.3) is 0 Å². The third-order valence-electron chi connectivity index (χ3n) is 4.11. The van der Waals surface area contributed by atoms with E-state index in [4.69, 9.17) is 23.2 Å². The molecule has 28 heavy (non-hydrogen) atoms. The molecule has 0 aliphatic carbocycles. The molecule has 4 N–H and O–H groups in total. The molecule has 6 nitrogen and oxygen atoms in total.